The van der Waals surface area contributed by atoms with E-state index in [9.17, 15) is 0 Å². The fourth-order valence-electron chi connectivity index (χ4n) is 2.05. The van der Waals surface area contributed by atoms with E-state index < -0.39 is 0 Å². The topological polar surface area (TPSA) is 12.0 Å². The minimum absolute atomic E-state index is 0.371. The molecule has 0 saturated carbocycles. The summed E-state index contributed by atoms with van der Waals surface area (Å²) in [5, 5.41) is 4.49. The highest BCUT2D eigenvalue weighted by atomic mass is 127. The first-order valence-corrected chi connectivity index (χ1v) is 8.47. The summed E-state index contributed by atoms with van der Waals surface area (Å²) in [4.78, 5) is 0. The van der Waals surface area contributed by atoms with Crippen LogP contribution >= 0.6 is 34.2 Å². The van der Waals surface area contributed by atoms with Crippen molar-refractivity contribution in [3.63, 3.8) is 0 Å². The van der Waals surface area contributed by atoms with Gasteiger partial charge in [-0.25, -0.2) is 0 Å². The number of nitrogens with one attached hydrogen (secondary N) is 1. The Balaban J connectivity index is 2.85. The van der Waals surface area contributed by atoms with E-state index in [1.807, 2.05) is 6.07 Å². The molecule has 1 aromatic rings. The molecule has 1 aromatic carbocycles. The van der Waals surface area contributed by atoms with Crippen LogP contribution in [0.5, 0.6) is 0 Å². The summed E-state index contributed by atoms with van der Waals surface area (Å²) in [7, 11) is 0. The van der Waals surface area contributed by atoms with Crippen LogP contribution in [0.4, 0.5) is 0 Å². The van der Waals surface area contributed by atoms with Gasteiger partial charge in [-0.3, -0.25) is 0 Å². The maximum atomic E-state index is 6.15. The summed E-state index contributed by atoms with van der Waals surface area (Å²) in [6.07, 6.45) is 3.51. The summed E-state index contributed by atoms with van der Waals surface area (Å²) in [6.45, 7) is 10.2. The van der Waals surface area contributed by atoms with E-state index in [4.69, 9.17) is 11.6 Å². The fraction of sp³-hybridized carbons (Fsp3) is 0.625. The lowest BCUT2D eigenvalue weighted by Crippen LogP contribution is -2.24. The summed E-state index contributed by atoms with van der Waals surface area (Å²) in [6, 6.07) is 6.59. The third-order valence-corrected chi connectivity index (χ3v) is 4.37. The molecule has 0 aromatic heterocycles. The van der Waals surface area contributed by atoms with Gasteiger partial charge in [-0.15, -0.1) is 0 Å². The van der Waals surface area contributed by atoms with Crippen LogP contribution in [0.2, 0.25) is 5.02 Å². The molecule has 1 rings (SSSR count). The van der Waals surface area contributed by atoms with Gasteiger partial charge in [-0.05, 0) is 77.6 Å². The summed E-state index contributed by atoms with van der Waals surface area (Å²) in [5.41, 5.74) is 1.71. The lowest BCUT2D eigenvalue weighted by atomic mass is 9.87. The Labute approximate surface area is 136 Å². The van der Waals surface area contributed by atoms with Crippen molar-refractivity contribution < 1.29 is 0 Å². The van der Waals surface area contributed by atoms with Gasteiger partial charge in [0.1, 0.15) is 0 Å². The molecule has 0 bridgehead atoms. The first kappa shape index (κ1) is 17.3. The van der Waals surface area contributed by atoms with Crippen molar-refractivity contribution in [3.05, 3.63) is 32.4 Å². The molecule has 0 aliphatic carbocycles. The average molecular weight is 394 g/mol. The molecule has 0 aliphatic heterocycles. The normalized spacial score (nSPS) is 13.6. The van der Waals surface area contributed by atoms with E-state index >= 15 is 0 Å². The third-order valence-electron chi connectivity index (χ3n) is 3.16. The van der Waals surface area contributed by atoms with Crippen molar-refractivity contribution in [2.24, 2.45) is 5.41 Å². The third kappa shape index (κ3) is 6.46. The maximum Gasteiger partial charge on any atom is 0.0410 e. The predicted molar refractivity (Wildman–Crippen MR) is 93.9 cm³/mol. The van der Waals surface area contributed by atoms with Crippen LogP contribution in [0.15, 0.2) is 18.2 Å². The molecule has 1 nitrogen and oxygen atoms in total. The standard InChI is InChI=1S/C16H25ClIN/c1-5-10-19-15(8-9-16(2,3)4)13-11-12(17)6-7-14(13)18/h6-7,11,15,19H,5,8-10H2,1-4H3. The van der Waals surface area contributed by atoms with E-state index in [2.05, 4.69) is 67.7 Å². The van der Waals surface area contributed by atoms with Crippen LogP contribution in [0.25, 0.3) is 0 Å². The summed E-state index contributed by atoms with van der Waals surface area (Å²) < 4.78 is 1.30. The number of rotatable bonds is 6. The Morgan fingerprint density at radius 1 is 1.32 bits per heavy atom. The molecule has 1 N–H and O–H groups in total. The molecule has 0 aliphatic rings. The molecule has 19 heavy (non-hydrogen) atoms. The Hall–Kier alpha value is 0.200. The molecule has 108 valence electrons. The van der Waals surface area contributed by atoms with Crippen molar-refractivity contribution in [3.8, 4) is 0 Å². The zero-order valence-corrected chi connectivity index (χ0v) is 15.3. The Kier molecular flexibility index (Phi) is 7.12. The molecule has 1 atom stereocenters. The smallest absolute Gasteiger partial charge is 0.0410 e. The monoisotopic (exact) mass is 393 g/mol. The highest BCUT2D eigenvalue weighted by Crippen LogP contribution is 2.31. The van der Waals surface area contributed by atoms with Gasteiger partial charge >= 0.3 is 0 Å². The zero-order valence-electron chi connectivity index (χ0n) is 12.4. The van der Waals surface area contributed by atoms with Crippen LogP contribution < -0.4 is 5.32 Å². The number of halogens is 2. The minimum Gasteiger partial charge on any atom is -0.310 e. The quantitative estimate of drug-likeness (QED) is 0.601. The Bertz CT molecular complexity index is 398. The molecule has 0 fully saturated rings. The van der Waals surface area contributed by atoms with Gasteiger partial charge in [0.25, 0.3) is 0 Å². The largest absolute Gasteiger partial charge is 0.310 e. The SMILES string of the molecule is CCCNC(CCC(C)(C)C)c1cc(Cl)ccc1I. The van der Waals surface area contributed by atoms with E-state index in [1.54, 1.807) is 0 Å². The molecular weight excluding hydrogens is 369 g/mol. The van der Waals surface area contributed by atoms with Crippen molar-refractivity contribution in [1.29, 1.82) is 0 Å². The summed E-state index contributed by atoms with van der Waals surface area (Å²) >= 11 is 8.56. The van der Waals surface area contributed by atoms with Crippen molar-refractivity contribution in [1.82, 2.24) is 5.32 Å². The van der Waals surface area contributed by atoms with Crippen LogP contribution in [-0.4, -0.2) is 6.54 Å². The van der Waals surface area contributed by atoms with Gasteiger partial charge < -0.3 is 5.32 Å². The van der Waals surface area contributed by atoms with Crippen LogP contribution in [0.3, 0.4) is 0 Å². The Morgan fingerprint density at radius 2 is 2.00 bits per heavy atom. The first-order valence-electron chi connectivity index (χ1n) is 7.02. The van der Waals surface area contributed by atoms with Crippen LogP contribution in [0.1, 0.15) is 58.6 Å². The second-order valence-corrected chi connectivity index (χ2v) is 7.87. The number of hydrogen-bond acceptors (Lipinski definition) is 1. The van der Waals surface area contributed by atoms with Gasteiger partial charge in [-0.2, -0.15) is 0 Å². The second kappa shape index (κ2) is 7.84. The van der Waals surface area contributed by atoms with Gasteiger partial charge in [0.05, 0.1) is 0 Å². The zero-order chi connectivity index (χ0) is 14.5. The van der Waals surface area contributed by atoms with E-state index in [0.717, 1.165) is 24.4 Å². The Morgan fingerprint density at radius 3 is 2.58 bits per heavy atom. The van der Waals surface area contributed by atoms with E-state index in [0.29, 0.717) is 11.5 Å². The fourth-order valence-corrected chi connectivity index (χ4v) is 2.94. The lowest BCUT2D eigenvalue weighted by molar-refractivity contribution is 0.332. The molecule has 0 radical (unpaired) electrons. The first-order chi connectivity index (χ1) is 8.83. The van der Waals surface area contributed by atoms with Crippen LogP contribution in [0, 0.1) is 8.99 Å². The van der Waals surface area contributed by atoms with Crippen molar-refractivity contribution in [2.75, 3.05) is 6.54 Å². The molecule has 3 heteroatoms. The maximum absolute atomic E-state index is 6.15. The van der Waals surface area contributed by atoms with Gasteiger partial charge in [0.15, 0.2) is 0 Å². The highest BCUT2D eigenvalue weighted by Gasteiger charge is 2.18. The van der Waals surface area contributed by atoms with Crippen molar-refractivity contribution >= 4 is 34.2 Å². The molecule has 1 unspecified atom stereocenters. The number of hydrogen-bond donors (Lipinski definition) is 1. The average Bonchev–Trinajstić information content (AvgIpc) is 2.32. The van der Waals surface area contributed by atoms with E-state index in [1.165, 1.54) is 15.6 Å². The molecule has 0 spiro atoms. The predicted octanol–water partition coefficient (Wildman–Crippen LogP) is 5.81. The van der Waals surface area contributed by atoms with E-state index in [-0.39, 0.29) is 0 Å². The lowest BCUT2D eigenvalue weighted by Gasteiger charge is -2.25. The molecule has 0 saturated heterocycles. The van der Waals surface area contributed by atoms with Crippen molar-refractivity contribution in [2.45, 2.75) is 53.0 Å². The van der Waals surface area contributed by atoms with Gasteiger partial charge in [-0.1, -0.05) is 39.3 Å². The molecule has 0 heterocycles. The highest BCUT2D eigenvalue weighted by molar-refractivity contribution is 14.1. The minimum atomic E-state index is 0.371. The molecule has 0 amide bonds. The second-order valence-electron chi connectivity index (χ2n) is 6.27. The molecular formula is C16H25ClIN. The van der Waals surface area contributed by atoms with Gasteiger partial charge in [0.2, 0.25) is 0 Å². The van der Waals surface area contributed by atoms with Crippen LogP contribution in [-0.2, 0) is 0 Å². The number of benzene rings is 1. The summed E-state index contributed by atoms with van der Waals surface area (Å²) in [5.74, 6) is 0. The van der Waals surface area contributed by atoms with Gasteiger partial charge in [0, 0.05) is 14.6 Å².